The van der Waals surface area contributed by atoms with Gasteiger partial charge in [-0.1, -0.05) is 25.5 Å². The van der Waals surface area contributed by atoms with E-state index in [0.29, 0.717) is 29.2 Å². The first-order chi connectivity index (χ1) is 16.8. The van der Waals surface area contributed by atoms with Gasteiger partial charge >= 0.3 is 0 Å². The number of ether oxygens (including phenoxy) is 1. The van der Waals surface area contributed by atoms with Crippen molar-refractivity contribution >= 4 is 38.8 Å². The second kappa shape index (κ2) is 10.3. The van der Waals surface area contributed by atoms with Crippen LogP contribution >= 0.6 is 11.3 Å². The van der Waals surface area contributed by atoms with Crippen LogP contribution in [0.15, 0.2) is 42.5 Å². The SMILES string of the molecule is CCCCNc1c(F)c(F)c(C(=O)Nc2ccc(OC)cc2-c2nc3ccccc3s2)c(F)c1F. The van der Waals surface area contributed by atoms with E-state index < -0.39 is 40.4 Å². The minimum Gasteiger partial charge on any atom is -0.497 e. The average Bonchev–Trinajstić information content (AvgIpc) is 3.29. The molecule has 1 aromatic heterocycles. The Morgan fingerprint density at radius 3 is 2.40 bits per heavy atom. The number of carbonyl (C=O) groups is 1. The van der Waals surface area contributed by atoms with E-state index in [1.165, 1.54) is 30.6 Å². The summed E-state index contributed by atoms with van der Waals surface area (Å²) in [7, 11) is 1.46. The Kier molecular flexibility index (Phi) is 7.20. The van der Waals surface area contributed by atoms with Gasteiger partial charge in [-0.3, -0.25) is 4.79 Å². The van der Waals surface area contributed by atoms with E-state index >= 15 is 0 Å². The van der Waals surface area contributed by atoms with Gasteiger partial charge in [0.15, 0.2) is 23.3 Å². The van der Waals surface area contributed by atoms with E-state index in [1.54, 1.807) is 6.07 Å². The quantitative estimate of drug-likeness (QED) is 0.155. The monoisotopic (exact) mass is 503 g/mol. The van der Waals surface area contributed by atoms with Crippen LogP contribution in [0.1, 0.15) is 30.1 Å². The highest BCUT2D eigenvalue weighted by Gasteiger charge is 2.30. The van der Waals surface area contributed by atoms with Gasteiger partial charge in [-0.15, -0.1) is 11.3 Å². The first kappa shape index (κ1) is 24.5. The molecule has 0 aliphatic heterocycles. The van der Waals surface area contributed by atoms with Crippen molar-refractivity contribution in [2.45, 2.75) is 19.8 Å². The fraction of sp³-hybridized carbons (Fsp3) is 0.200. The highest BCUT2D eigenvalue weighted by Crippen LogP contribution is 2.37. The molecular weight excluding hydrogens is 482 g/mol. The van der Waals surface area contributed by atoms with Gasteiger partial charge in [-0.2, -0.15) is 0 Å². The normalized spacial score (nSPS) is 11.0. The second-order valence-electron chi connectivity index (χ2n) is 7.64. The number of para-hydroxylation sites is 1. The lowest BCUT2D eigenvalue weighted by Gasteiger charge is -2.15. The summed E-state index contributed by atoms with van der Waals surface area (Å²) >= 11 is 1.33. The molecule has 0 atom stereocenters. The minimum absolute atomic E-state index is 0.117. The predicted octanol–water partition coefficient (Wildman–Crippen LogP) is 6.99. The van der Waals surface area contributed by atoms with Gasteiger partial charge in [0.25, 0.3) is 5.91 Å². The highest BCUT2D eigenvalue weighted by molar-refractivity contribution is 7.21. The van der Waals surface area contributed by atoms with Crippen molar-refractivity contribution < 1.29 is 27.1 Å². The Morgan fingerprint density at radius 2 is 1.74 bits per heavy atom. The number of halogens is 4. The van der Waals surface area contributed by atoms with E-state index in [-0.39, 0.29) is 12.2 Å². The molecule has 0 aliphatic rings. The molecule has 35 heavy (non-hydrogen) atoms. The van der Waals surface area contributed by atoms with Crippen LogP contribution in [-0.4, -0.2) is 24.5 Å². The Morgan fingerprint density at radius 1 is 1.03 bits per heavy atom. The molecule has 4 rings (SSSR count). The van der Waals surface area contributed by atoms with Gasteiger partial charge in [0.05, 0.1) is 23.0 Å². The Bertz CT molecular complexity index is 1350. The smallest absolute Gasteiger partial charge is 0.261 e. The average molecular weight is 504 g/mol. The zero-order chi connectivity index (χ0) is 25.1. The summed E-state index contributed by atoms with van der Waals surface area (Å²) in [5.74, 6) is -7.77. The molecule has 0 fully saturated rings. The van der Waals surface area contributed by atoms with Crippen molar-refractivity contribution in [2.75, 3.05) is 24.3 Å². The van der Waals surface area contributed by atoms with Crippen LogP contribution in [0.3, 0.4) is 0 Å². The predicted molar refractivity (Wildman–Crippen MR) is 129 cm³/mol. The third kappa shape index (κ3) is 4.79. The zero-order valence-electron chi connectivity index (χ0n) is 18.8. The Balaban J connectivity index is 1.73. The standard InChI is InChI=1S/C25H21F4N3O2S/c1-3-4-11-30-23-21(28)19(26)18(20(27)22(23)29)24(33)31-15-10-9-13(34-2)12-14(15)25-32-16-7-5-6-8-17(16)35-25/h5-10,12,30H,3-4,11H2,1-2H3,(H,31,33). The van der Waals surface area contributed by atoms with E-state index in [0.717, 1.165) is 10.2 Å². The minimum atomic E-state index is -1.78. The molecule has 5 nitrogen and oxygen atoms in total. The van der Waals surface area contributed by atoms with Gasteiger partial charge in [-0.05, 0) is 36.8 Å². The molecule has 0 saturated heterocycles. The van der Waals surface area contributed by atoms with Crippen LogP contribution in [0.4, 0.5) is 28.9 Å². The lowest BCUT2D eigenvalue weighted by molar-refractivity contribution is 0.101. The van der Waals surface area contributed by atoms with E-state index in [1.807, 2.05) is 31.2 Å². The van der Waals surface area contributed by atoms with Crippen LogP contribution in [0.5, 0.6) is 5.75 Å². The maximum Gasteiger partial charge on any atom is 0.261 e. The summed E-state index contributed by atoms with van der Waals surface area (Å²) in [5, 5.41) is 5.23. The molecule has 4 aromatic rings. The van der Waals surface area contributed by atoms with Gasteiger partial charge in [0, 0.05) is 12.1 Å². The molecule has 0 bridgehead atoms. The third-order valence-electron chi connectivity index (χ3n) is 5.32. The van der Waals surface area contributed by atoms with Gasteiger partial charge in [0.2, 0.25) is 0 Å². The van der Waals surface area contributed by atoms with E-state index in [2.05, 4.69) is 15.6 Å². The molecule has 0 unspecified atom stereocenters. The fourth-order valence-electron chi connectivity index (χ4n) is 3.48. The summed E-state index contributed by atoms with van der Waals surface area (Å²) in [6.45, 7) is 1.97. The number of unbranched alkanes of at least 4 members (excludes halogenated alkanes) is 1. The highest BCUT2D eigenvalue weighted by atomic mass is 32.1. The summed E-state index contributed by atoms with van der Waals surface area (Å²) < 4.78 is 64.7. The lowest BCUT2D eigenvalue weighted by Crippen LogP contribution is -2.20. The maximum atomic E-state index is 14.7. The molecule has 0 radical (unpaired) electrons. The Hall–Kier alpha value is -3.66. The number of thiazole rings is 1. The number of rotatable bonds is 8. The van der Waals surface area contributed by atoms with Crippen LogP contribution in [0.2, 0.25) is 0 Å². The maximum absolute atomic E-state index is 14.7. The molecule has 0 aliphatic carbocycles. The summed E-state index contributed by atoms with van der Waals surface area (Å²) in [5.41, 5.74) is -1.02. The van der Waals surface area contributed by atoms with Crippen LogP contribution in [0, 0.1) is 23.3 Å². The molecule has 10 heteroatoms. The number of carbonyl (C=O) groups excluding carboxylic acids is 1. The number of methoxy groups -OCH3 is 1. The number of nitrogens with zero attached hydrogens (tertiary/aromatic N) is 1. The molecule has 1 amide bonds. The number of aromatic nitrogens is 1. The molecular formula is C25H21F4N3O2S. The second-order valence-corrected chi connectivity index (χ2v) is 8.67. The number of hydrogen-bond donors (Lipinski definition) is 2. The van der Waals surface area contributed by atoms with Gasteiger partial charge < -0.3 is 15.4 Å². The number of anilines is 2. The van der Waals surface area contributed by atoms with Crippen LogP contribution in [0.25, 0.3) is 20.8 Å². The first-order valence-electron chi connectivity index (χ1n) is 10.8. The van der Waals surface area contributed by atoms with Crippen LogP contribution < -0.4 is 15.4 Å². The number of amides is 1. The fourth-order valence-corrected chi connectivity index (χ4v) is 4.48. The number of nitrogens with one attached hydrogen (secondary N) is 2. The van der Waals surface area contributed by atoms with Gasteiger partial charge in [-0.25, -0.2) is 22.5 Å². The molecule has 182 valence electrons. The lowest BCUT2D eigenvalue weighted by atomic mass is 10.1. The largest absolute Gasteiger partial charge is 0.497 e. The number of benzene rings is 3. The van der Waals surface area contributed by atoms with Crippen molar-refractivity contribution in [3.05, 3.63) is 71.3 Å². The molecule has 2 N–H and O–H groups in total. The van der Waals surface area contributed by atoms with Crippen molar-refractivity contribution in [3.63, 3.8) is 0 Å². The molecule has 1 heterocycles. The summed E-state index contributed by atoms with van der Waals surface area (Å²) in [4.78, 5) is 17.4. The van der Waals surface area contributed by atoms with Crippen molar-refractivity contribution in [3.8, 4) is 16.3 Å². The van der Waals surface area contributed by atoms with Crippen LogP contribution in [-0.2, 0) is 0 Å². The van der Waals surface area contributed by atoms with Gasteiger partial charge in [0.1, 0.15) is 22.0 Å². The summed E-state index contributed by atoms with van der Waals surface area (Å²) in [6.07, 6.45) is 1.25. The number of hydrogen-bond acceptors (Lipinski definition) is 5. The first-order valence-corrected chi connectivity index (χ1v) is 11.6. The van der Waals surface area contributed by atoms with Crippen molar-refractivity contribution in [1.82, 2.24) is 4.98 Å². The van der Waals surface area contributed by atoms with Crippen molar-refractivity contribution in [2.24, 2.45) is 0 Å². The molecule has 3 aromatic carbocycles. The topological polar surface area (TPSA) is 63.2 Å². The zero-order valence-corrected chi connectivity index (χ0v) is 19.7. The third-order valence-corrected chi connectivity index (χ3v) is 6.39. The molecule has 0 spiro atoms. The summed E-state index contributed by atoms with van der Waals surface area (Å²) in [6, 6.07) is 12.0. The number of fused-ring (bicyclic) bond motifs is 1. The van der Waals surface area contributed by atoms with Crippen molar-refractivity contribution in [1.29, 1.82) is 0 Å². The molecule has 0 saturated carbocycles. The van der Waals surface area contributed by atoms with E-state index in [4.69, 9.17) is 4.74 Å². The van der Waals surface area contributed by atoms with E-state index in [9.17, 15) is 22.4 Å². The Labute approximate surface area is 202 Å².